The molecular formula is C17H21N3S. The number of rotatable bonds is 4. The lowest BCUT2D eigenvalue weighted by Crippen LogP contribution is -2.06. The van der Waals surface area contributed by atoms with Crippen molar-refractivity contribution in [3.05, 3.63) is 52.6 Å². The van der Waals surface area contributed by atoms with Gasteiger partial charge in [-0.25, -0.2) is 9.97 Å². The molecule has 110 valence electrons. The maximum Gasteiger partial charge on any atom is 0.139 e. The van der Waals surface area contributed by atoms with Crippen LogP contribution in [-0.2, 0) is 18.8 Å². The Morgan fingerprint density at radius 2 is 2.10 bits per heavy atom. The van der Waals surface area contributed by atoms with E-state index in [1.807, 2.05) is 11.8 Å². The molecule has 4 heteroatoms. The highest BCUT2D eigenvalue weighted by atomic mass is 32.2. The van der Waals surface area contributed by atoms with E-state index >= 15 is 0 Å². The van der Waals surface area contributed by atoms with E-state index in [1.54, 1.807) is 0 Å². The lowest BCUT2D eigenvalue weighted by Gasteiger charge is -2.12. The standard InChI is InChI=1S/C17H21N3S/c1-11(2)17-14-8-18-9-15(14)19-16(20-17)10-21-13-6-4-5-12(3)7-13/h4-7,11,18H,8-10H2,1-3H3. The summed E-state index contributed by atoms with van der Waals surface area (Å²) in [4.78, 5) is 10.8. The van der Waals surface area contributed by atoms with E-state index < -0.39 is 0 Å². The monoisotopic (exact) mass is 299 g/mol. The molecule has 3 rings (SSSR count). The predicted molar refractivity (Wildman–Crippen MR) is 87.4 cm³/mol. The molecule has 2 heterocycles. The molecule has 1 aliphatic heterocycles. The molecule has 0 bridgehead atoms. The van der Waals surface area contributed by atoms with Gasteiger partial charge in [-0.1, -0.05) is 31.5 Å². The van der Waals surface area contributed by atoms with Gasteiger partial charge in [0.25, 0.3) is 0 Å². The minimum Gasteiger partial charge on any atom is -0.307 e. The highest BCUT2D eigenvalue weighted by Crippen LogP contribution is 2.27. The lowest BCUT2D eigenvalue weighted by molar-refractivity contribution is 0.746. The van der Waals surface area contributed by atoms with Crippen LogP contribution in [0.3, 0.4) is 0 Å². The highest BCUT2D eigenvalue weighted by molar-refractivity contribution is 7.98. The van der Waals surface area contributed by atoms with Crippen molar-refractivity contribution >= 4 is 11.8 Å². The van der Waals surface area contributed by atoms with Gasteiger partial charge in [0.1, 0.15) is 5.82 Å². The van der Waals surface area contributed by atoms with E-state index in [4.69, 9.17) is 9.97 Å². The Kier molecular flexibility index (Phi) is 4.27. The molecule has 0 spiro atoms. The van der Waals surface area contributed by atoms with E-state index in [0.717, 1.165) is 24.7 Å². The van der Waals surface area contributed by atoms with Gasteiger partial charge in [0, 0.05) is 23.5 Å². The number of aryl methyl sites for hydroxylation is 1. The van der Waals surface area contributed by atoms with Gasteiger partial charge in [0.05, 0.1) is 17.1 Å². The van der Waals surface area contributed by atoms with Crippen molar-refractivity contribution in [1.29, 1.82) is 0 Å². The second kappa shape index (κ2) is 6.16. The van der Waals surface area contributed by atoms with Crippen LogP contribution in [0.2, 0.25) is 0 Å². The largest absolute Gasteiger partial charge is 0.307 e. The molecule has 0 saturated heterocycles. The van der Waals surface area contributed by atoms with Crippen LogP contribution in [0.1, 0.15) is 48.1 Å². The topological polar surface area (TPSA) is 37.8 Å². The molecule has 0 radical (unpaired) electrons. The summed E-state index contributed by atoms with van der Waals surface area (Å²) in [5.41, 5.74) is 5.01. The van der Waals surface area contributed by atoms with Crippen LogP contribution in [0.25, 0.3) is 0 Å². The van der Waals surface area contributed by atoms with Crippen molar-refractivity contribution in [2.45, 2.75) is 50.4 Å². The number of aromatic nitrogens is 2. The van der Waals surface area contributed by atoms with Crippen LogP contribution in [0, 0.1) is 6.92 Å². The number of hydrogen-bond donors (Lipinski definition) is 1. The molecule has 21 heavy (non-hydrogen) atoms. The fourth-order valence-corrected chi connectivity index (χ4v) is 3.51. The molecule has 2 aromatic rings. The summed E-state index contributed by atoms with van der Waals surface area (Å²) in [7, 11) is 0. The zero-order chi connectivity index (χ0) is 14.8. The van der Waals surface area contributed by atoms with Gasteiger partial charge >= 0.3 is 0 Å². The molecular weight excluding hydrogens is 278 g/mol. The SMILES string of the molecule is Cc1cccc(SCc2nc3c(c(C(C)C)n2)CNC3)c1. The molecule has 1 aromatic carbocycles. The van der Waals surface area contributed by atoms with Crippen LogP contribution >= 0.6 is 11.8 Å². The molecule has 0 fully saturated rings. The third-order valence-electron chi connectivity index (χ3n) is 3.67. The summed E-state index contributed by atoms with van der Waals surface area (Å²) < 4.78 is 0. The molecule has 1 N–H and O–H groups in total. The molecule has 0 amide bonds. The van der Waals surface area contributed by atoms with Crippen molar-refractivity contribution in [2.75, 3.05) is 0 Å². The van der Waals surface area contributed by atoms with E-state index in [9.17, 15) is 0 Å². The Labute approximate surface area is 130 Å². The summed E-state index contributed by atoms with van der Waals surface area (Å²) in [5, 5.41) is 3.38. The van der Waals surface area contributed by atoms with Gasteiger partial charge in [0.2, 0.25) is 0 Å². The van der Waals surface area contributed by atoms with Gasteiger partial charge in [0.15, 0.2) is 0 Å². The van der Waals surface area contributed by atoms with Crippen LogP contribution in [0.5, 0.6) is 0 Å². The number of nitrogens with zero attached hydrogens (tertiary/aromatic N) is 2. The summed E-state index contributed by atoms with van der Waals surface area (Å²) in [6, 6.07) is 8.59. The van der Waals surface area contributed by atoms with Crippen LogP contribution in [0.15, 0.2) is 29.2 Å². The number of fused-ring (bicyclic) bond motifs is 1. The fourth-order valence-electron chi connectivity index (χ4n) is 2.64. The number of thioether (sulfide) groups is 1. The van der Waals surface area contributed by atoms with Crippen molar-refractivity contribution in [3.63, 3.8) is 0 Å². The van der Waals surface area contributed by atoms with Crippen LogP contribution in [0.4, 0.5) is 0 Å². The average Bonchev–Trinajstić information content (AvgIpc) is 2.92. The van der Waals surface area contributed by atoms with Crippen LogP contribution in [-0.4, -0.2) is 9.97 Å². The van der Waals surface area contributed by atoms with Crippen molar-refractivity contribution in [2.24, 2.45) is 0 Å². The van der Waals surface area contributed by atoms with Gasteiger partial charge in [-0.15, -0.1) is 11.8 Å². The first-order valence-electron chi connectivity index (χ1n) is 7.42. The number of nitrogens with one attached hydrogen (secondary N) is 1. The van der Waals surface area contributed by atoms with E-state index in [-0.39, 0.29) is 0 Å². The Balaban J connectivity index is 1.81. The van der Waals surface area contributed by atoms with Crippen molar-refractivity contribution < 1.29 is 0 Å². The summed E-state index contributed by atoms with van der Waals surface area (Å²) in [6.45, 7) is 8.32. The Bertz CT molecular complexity index is 652. The smallest absolute Gasteiger partial charge is 0.139 e. The minimum absolute atomic E-state index is 0.448. The number of benzene rings is 1. The third-order valence-corrected chi connectivity index (χ3v) is 4.66. The molecule has 0 saturated carbocycles. The van der Waals surface area contributed by atoms with Gasteiger partial charge in [-0.2, -0.15) is 0 Å². The first-order chi connectivity index (χ1) is 10.1. The lowest BCUT2D eigenvalue weighted by atomic mass is 10.0. The molecule has 0 unspecified atom stereocenters. The highest BCUT2D eigenvalue weighted by Gasteiger charge is 2.20. The minimum atomic E-state index is 0.448. The maximum absolute atomic E-state index is 4.81. The predicted octanol–water partition coefficient (Wildman–Crippen LogP) is 3.80. The molecule has 0 aliphatic carbocycles. The first kappa shape index (κ1) is 14.5. The zero-order valence-corrected chi connectivity index (χ0v) is 13.6. The fraction of sp³-hybridized carbons (Fsp3) is 0.412. The molecule has 0 atom stereocenters. The summed E-state index contributed by atoms with van der Waals surface area (Å²) in [5.74, 6) is 2.23. The van der Waals surface area contributed by atoms with Crippen LogP contribution < -0.4 is 5.32 Å². The van der Waals surface area contributed by atoms with E-state index in [1.165, 1.54) is 27.4 Å². The summed E-state index contributed by atoms with van der Waals surface area (Å²) in [6.07, 6.45) is 0. The Hall–Kier alpha value is -1.39. The molecule has 3 nitrogen and oxygen atoms in total. The van der Waals surface area contributed by atoms with Crippen molar-refractivity contribution in [3.8, 4) is 0 Å². The Morgan fingerprint density at radius 3 is 2.86 bits per heavy atom. The average molecular weight is 299 g/mol. The Morgan fingerprint density at radius 1 is 1.24 bits per heavy atom. The van der Waals surface area contributed by atoms with Gasteiger partial charge in [-0.05, 0) is 25.0 Å². The third kappa shape index (κ3) is 3.27. The zero-order valence-electron chi connectivity index (χ0n) is 12.8. The normalized spacial score (nSPS) is 13.7. The van der Waals surface area contributed by atoms with E-state index in [0.29, 0.717) is 5.92 Å². The second-order valence-corrected chi connectivity index (χ2v) is 6.86. The van der Waals surface area contributed by atoms with E-state index in [2.05, 4.69) is 50.4 Å². The maximum atomic E-state index is 4.81. The quantitative estimate of drug-likeness (QED) is 0.871. The number of hydrogen-bond acceptors (Lipinski definition) is 4. The van der Waals surface area contributed by atoms with Gasteiger partial charge < -0.3 is 5.32 Å². The van der Waals surface area contributed by atoms with Gasteiger partial charge in [-0.3, -0.25) is 0 Å². The second-order valence-electron chi connectivity index (χ2n) is 5.81. The summed E-state index contributed by atoms with van der Waals surface area (Å²) >= 11 is 1.81. The molecule has 1 aliphatic rings. The first-order valence-corrected chi connectivity index (χ1v) is 8.41. The van der Waals surface area contributed by atoms with Crippen molar-refractivity contribution in [1.82, 2.24) is 15.3 Å². The molecule has 1 aromatic heterocycles.